The molecule has 1 aliphatic carbocycles. The van der Waals surface area contributed by atoms with Crippen molar-refractivity contribution in [2.45, 2.75) is 45.1 Å². The molecule has 0 aromatic rings. The fourth-order valence-electron chi connectivity index (χ4n) is 1.56. The van der Waals surface area contributed by atoms with Gasteiger partial charge in [0.05, 0.1) is 6.61 Å². The highest BCUT2D eigenvalue weighted by atomic mass is 16.5. The van der Waals surface area contributed by atoms with Crippen LogP contribution in [0.3, 0.4) is 0 Å². The van der Waals surface area contributed by atoms with Gasteiger partial charge in [-0.3, -0.25) is 4.79 Å². The van der Waals surface area contributed by atoms with Crippen molar-refractivity contribution in [2.75, 3.05) is 6.61 Å². The molecule has 1 rings (SSSR count). The summed E-state index contributed by atoms with van der Waals surface area (Å²) in [5, 5.41) is 0. The van der Waals surface area contributed by atoms with Gasteiger partial charge in [0.1, 0.15) is 5.54 Å². The lowest BCUT2D eigenvalue weighted by molar-refractivity contribution is -0.150. The maximum Gasteiger partial charge on any atom is 0.325 e. The number of esters is 1. The second-order valence-corrected chi connectivity index (χ2v) is 4.47. The van der Waals surface area contributed by atoms with Crippen LogP contribution in [0.25, 0.3) is 0 Å². The van der Waals surface area contributed by atoms with Gasteiger partial charge < -0.3 is 10.5 Å². The first kappa shape index (κ1) is 10.5. The first-order chi connectivity index (χ1) is 6.00. The van der Waals surface area contributed by atoms with Crippen LogP contribution < -0.4 is 5.73 Å². The van der Waals surface area contributed by atoms with Gasteiger partial charge in [-0.25, -0.2) is 0 Å². The molecule has 0 atom stereocenters. The van der Waals surface area contributed by atoms with Crippen molar-refractivity contribution in [3.8, 4) is 0 Å². The zero-order chi connectivity index (χ0) is 9.90. The largest absolute Gasteiger partial charge is 0.464 e. The molecule has 0 aromatic carbocycles. The molecule has 1 saturated carbocycles. The van der Waals surface area contributed by atoms with E-state index in [0.717, 1.165) is 0 Å². The number of nitrogens with two attached hydrogens (primary N) is 1. The molecule has 0 bridgehead atoms. The monoisotopic (exact) mass is 185 g/mol. The lowest BCUT2D eigenvalue weighted by Crippen LogP contribution is -2.43. The highest BCUT2D eigenvalue weighted by molar-refractivity contribution is 5.79. The predicted molar refractivity (Wildman–Crippen MR) is 51.2 cm³/mol. The van der Waals surface area contributed by atoms with E-state index in [0.29, 0.717) is 12.5 Å². The fraction of sp³-hybridized carbons (Fsp3) is 0.900. The van der Waals surface area contributed by atoms with E-state index in [9.17, 15) is 4.79 Å². The number of hydrogen-bond donors (Lipinski definition) is 1. The van der Waals surface area contributed by atoms with Gasteiger partial charge in [0, 0.05) is 0 Å². The van der Waals surface area contributed by atoms with E-state index in [2.05, 4.69) is 0 Å². The summed E-state index contributed by atoms with van der Waals surface area (Å²) < 4.78 is 5.13. The lowest BCUT2D eigenvalue weighted by Gasteiger charge is -2.18. The van der Waals surface area contributed by atoms with Crippen LogP contribution in [0.5, 0.6) is 0 Å². The van der Waals surface area contributed by atoms with Crippen LogP contribution in [0.15, 0.2) is 0 Å². The third-order valence-corrected chi connectivity index (χ3v) is 2.45. The smallest absolute Gasteiger partial charge is 0.325 e. The minimum Gasteiger partial charge on any atom is -0.464 e. The molecular formula is C10H19NO2. The Morgan fingerprint density at radius 3 is 2.46 bits per heavy atom. The fourth-order valence-corrected chi connectivity index (χ4v) is 1.56. The number of hydrogen-bond acceptors (Lipinski definition) is 3. The summed E-state index contributed by atoms with van der Waals surface area (Å²) in [5.74, 6) is 0.283. The lowest BCUT2D eigenvalue weighted by atomic mass is 10.1. The molecule has 3 heteroatoms. The van der Waals surface area contributed by atoms with Gasteiger partial charge in [-0.05, 0) is 32.6 Å². The Hall–Kier alpha value is -0.570. The molecule has 1 aliphatic rings. The van der Waals surface area contributed by atoms with Crippen LogP contribution in [0, 0.1) is 5.92 Å². The van der Waals surface area contributed by atoms with Crippen LogP contribution in [0.2, 0.25) is 0 Å². The number of carbonyl (C=O) groups is 1. The predicted octanol–water partition coefficient (Wildman–Crippen LogP) is 1.46. The molecule has 0 amide bonds. The van der Waals surface area contributed by atoms with Gasteiger partial charge in [-0.2, -0.15) is 0 Å². The van der Waals surface area contributed by atoms with Crippen molar-refractivity contribution in [3.63, 3.8) is 0 Å². The van der Waals surface area contributed by atoms with Crippen molar-refractivity contribution in [1.29, 1.82) is 0 Å². The highest BCUT2D eigenvalue weighted by Gasteiger charge is 2.25. The zero-order valence-corrected chi connectivity index (χ0v) is 8.51. The van der Waals surface area contributed by atoms with Crippen molar-refractivity contribution < 1.29 is 9.53 Å². The normalized spacial score (nSPS) is 19.0. The Kier molecular flexibility index (Phi) is 3.31. The van der Waals surface area contributed by atoms with Gasteiger partial charge in [0.25, 0.3) is 0 Å². The Balaban J connectivity index is 2.22. The molecule has 0 aliphatic heterocycles. The van der Waals surface area contributed by atoms with E-state index >= 15 is 0 Å². The summed E-state index contributed by atoms with van der Waals surface area (Å²) in [6, 6.07) is 0. The Labute approximate surface area is 79.6 Å². The molecule has 0 radical (unpaired) electrons. The van der Waals surface area contributed by atoms with E-state index in [-0.39, 0.29) is 5.97 Å². The Bertz CT molecular complexity index is 178. The Morgan fingerprint density at radius 1 is 1.46 bits per heavy atom. The zero-order valence-electron chi connectivity index (χ0n) is 8.51. The quantitative estimate of drug-likeness (QED) is 0.677. The van der Waals surface area contributed by atoms with Gasteiger partial charge in [-0.15, -0.1) is 0 Å². The van der Waals surface area contributed by atoms with Crippen LogP contribution >= 0.6 is 0 Å². The second-order valence-electron chi connectivity index (χ2n) is 4.47. The summed E-state index contributed by atoms with van der Waals surface area (Å²) in [6.07, 6.45) is 4.93. The maximum atomic E-state index is 11.3. The SMILES string of the molecule is CC(C)(N)C(=O)OCC1CCCC1. The van der Waals surface area contributed by atoms with Crippen LogP contribution in [-0.4, -0.2) is 18.1 Å². The van der Waals surface area contributed by atoms with E-state index in [1.165, 1.54) is 25.7 Å². The minimum atomic E-state index is -0.849. The topological polar surface area (TPSA) is 52.3 Å². The molecule has 76 valence electrons. The van der Waals surface area contributed by atoms with Gasteiger partial charge >= 0.3 is 5.97 Å². The van der Waals surface area contributed by atoms with E-state index in [1.807, 2.05) is 0 Å². The van der Waals surface area contributed by atoms with Crippen LogP contribution in [-0.2, 0) is 9.53 Å². The van der Waals surface area contributed by atoms with Gasteiger partial charge in [0.15, 0.2) is 0 Å². The minimum absolute atomic E-state index is 0.292. The van der Waals surface area contributed by atoms with Crippen LogP contribution in [0.1, 0.15) is 39.5 Å². The average molecular weight is 185 g/mol. The standard InChI is InChI=1S/C10H19NO2/c1-10(2,11)9(12)13-7-8-5-3-4-6-8/h8H,3-7,11H2,1-2H3. The maximum absolute atomic E-state index is 11.3. The number of rotatable bonds is 3. The van der Waals surface area contributed by atoms with Crippen molar-refractivity contribution in [3.05, 3.63) is 0 Å². The summed E-state index contributed by atoms with van der Waals surface area (Å²) in [5.41, 5.74) is 4.74. The van der Waals surface area contributed by atoms with Gasteiger partial charge in [-0.1, -0.05) is 12.8 Å². The average Bonchev–Trinajstić information content (AvgIpc) is 2.50. The van der Waals surface area contributed by atoms with E-state index < -0.39 is 5.54 Å². The summed E-state index contributed by atoms with van der Waals surface area (Å²) in [4.78, 5) is 11.3. The van der Waals surface area contributed by atoms with E-state index in [1.54, 1.807) is 13.8 Å². The molecule has 0 heterocycles. The molecule has 2 N–H and O–H groups in total. The number of ether oxygens (including phenoxy) is 1. The van der Waals surface area contributed by atoms with Crippen LogP contribution in [0.4, 0.5) is 0 Å². The van der Waals surface area contributed by atoms with E-state index in [4.69, 9.17) is 10.5 Å². The Morgan fingerprint density at radius 2 is 2.00 bits per heavy atom. The highest BCUT2D eigenvalue weighted by Crippen LogP contribution is 2.24. The van der Waals surface area contributed by atoms with Crippen molar-refractivity contribution >= 4 is 5.97 Å². The summed E-state index contributed by atoms with van der Waals surface area (Å²) in [7, 11) is 0. The van der Waals surface area contributed by atoms with Gasteiger partial charge in [0.2, 0.25) is 0 Å². The third-order valence-electron chi connectivity index (χ3n) is 2.45. The molecule has 0 spiro atoms. The summed E-state index contributed by atoms with van der Waals surface area (Å²) >= 11 is 0. The molecule has 1 fully saturated rings. The molecule has 13 heavy (non-hydrogen) atoms. The molecule has 3 nitrogen and oxygen atoms in total. The molecule has 0 saturated heterocycles. The third kappa shape index (κ3) is 3.35. The van der Waals surface area contributed by atoms with Crippen molar-refractivity contribution in [2.24, 2.45) is 11.7 Å². The number of carbonyl (C=O) groups excluding carboxylic acids is 1. The molecule has 0 aromatic heterocycles. The summed E-state index contributed by atoms with van der Waals surface area (Å²) in [6.45, 7) is 3.90. The second kappa shape index (κ2) is 4.09. The van der Waals surface area contributed by atoms with Crippen molar-refractivity contribution in [1.82, 2.24) is 0 Å². The molecule has 0 unspecified atom stereocenters. The first-order valence-electron chi connectivity index (χ1n) is 4.96. The molecular weight excluding hydrogens is 166 g/mol. The first-order valence-corrected chi connectivity index (χ1v) is 4.96.